The number of ether oxygens (including phenoxy) is 1. The highest BCUT2D eigenvalue weighted by atomic mass is 32.1. The van der Waals surface area contributed by atoms with Crippen molar-refractivity contribution >= 4 is 22.4 Å². The van der Waals surface area contributed by atoms with Crippen molar-refractivity contribution in [3.05, 3.63) is 11.1 Å². The van der Waals surface area contributed by atoms with Gasteiger partial charge in [-0.25, -0.2) is 4.98 Å². The number of nitrogens with zero attached hydrogens (tertiary/aromatic N) is 2. The van der Waals surface area contributed by atoms with E-state index >= 15 is 0 Å². The maximum Gasteiger partial charge on any atom is 0.223 e. The molecule has 0 unspecified atom stereocenters. The highest BCUT2D eigenvalue weighted by Crippen LogP contribution is 2.42. The molecule has 1 amide bonds. The number of hydrogen-bond acceptors (Lipinski definition) is 6. The number of thiazole rings is 1. The number of amides is 1. The number of nitrogen functional groups attached to an aromatic ring is 1. The summed E-state index contributed by atoms with van der Waals surface area (Å²) in [6.45, 7) is 0.712. The molecule has 1 saturated carbocycles. The molecule has 1 aromatic rings. The van der Waals surface area contributed by atoms with Gasteiger partial charge in [-0.1, -0.05) is 0 Å². The quantitative estimate of drug-likeness (QED) is 0.868. The van der Waals surface area contributed by atoms with Gasteiger partial charge in [-0.2, -0.15) is 0 Å². The zero-order valence-corrected chi connectivity index (χ0v) is 13.6. The van der Waals surface area contributed by atoms with E-state index in [1.165, 1.54) is 11.3 Å². The Balaban J connectivity index is 1.64. The molecule has 0 bridgehead atoms. The van der Waals surface area contributed by atoms with Gasteiger partial charge in [-0.15, -0.1) is 11.3 Å². The number of nitrogens with two attached hydrogens (primary N) is 1. The highest BCUT2D eigenvalue weighted by molar-refractivity contribution is 7.13. The second-order valence-electron chi connectivity index (χ2n) is 6.23. The number of aromatic nitrogens is 1. The Labute approximate surface area is 134 Å². The van der Waals surface area contributed by atoms with Crippen LogP contribution in [0.25, 0.3) is 0 Å². The number of aliphatic hydroxyl groups excluding tert-OH is 1. The Hall–Kier alpha value is -1.18. The number of carbonyl (C=O) groups is 1. The van der Waals surface area contributed by atoms with Gasteiger partial charge in [0.15, 0.2) is 5.13 Å². The molecule has 1 aliphatic carbocycles. The minimum atomic E-state index is -0.333. The fourth-order valence-corrected chi connectivity index (χ4v) is 4.39. The van der Waals surface area contributed by atoms with Crippen LogP contribution in [-0.2, 0) is 16.0 Å². The Morgan fingerprint density at radius 2 is 2.45 bits per heavy atom. The van der Waals surface area contributed by atoms with Crippen LogP contribution in [0.4, 0.5) is 5.13 Å². The number of hydrogen-bond donors (Lipinski definition) is 2. The van der Waals surface area contributed by atoms with Gasteiger partial charge in [0.1, 0.15) is 0 Å². The predicted molar refractivity (Wildman–Crippen MR) is 84.6 cm³/mol. The molecule has 1 aliphatic heterocycles. The molecule has 2 heterocycles. The second kappa shape index (κ2) is 6.14. The SMILES string of the molecule is CO[C@]12CC[C@H](O)C[C@H]1N(C(=O)CCc1csc(N)n1)CC2. The number of methoxy groups -OCH3 is 1. The van der Waals surface area contributed by atoms with Crippen molar-refractivity contribution in [2.24, 2.45) is 0 Å². The van der Waals surface area contributed by atoms with Crippen molar-refractivity contribution in [3.63, 3.8) is 0 Å². The summed E-state index contributed by atoms with van der Waals surface area (Å²) < 4.78 is 5.77. The summed E-state index contributed by atoms with van der Waals surface area (Å²) >= 11 is 1.40. The molecule has 1 saturated heterocycles. The zero-order chi connectivity index (χ0) is 15.7. The van der Waals surface area contributed by atoms with E-state index in [0.29, 0.717) is 30.9 Å². The Bertz CT molecular complexity index is 550. The van der Waals surface area contributed by atoms with Gasteiger partial charge in [0, 0.05) is 25.5 Å². The van der Waals surface area contributed by atoms with E-state index in [1.54, 1.807) is 7.11 Å². The zero-order valence-electron chi connectivity index (χ0n) is 12.8. The van der Waals surface area contributed by atoms with Crippen LogP contribution in [0.15, 0.2) is 5.38 Å². The van der Waals surface area contributed by atoms with E-state index in [9.17, 15) is 9.90 Å². The molecule has 2 fully saturated rings. The summed E-state index contributed by atoms with van der Waals surface area (Å²) in [4.78, 5) is 18.7. The van der Waals surface area contributed by atoms with Crippen molar-refractivity contribution in [2.75, 3.05) is 19.4 Å². The van der Waals surface area contributed by atoms with Crippen LogP contribution in [0.2, 0.25) is 0 Å². The lowest BCUT2D eigenvalue weighted by Gasteiger charge is -2.42. The molecule has 0 aromatic carbocycles. The minimum Gasteiger partial charge on any atom is -0.393 e. The highest BCUT2D eigenvalue weighted by Gasteiger charge is 2.52. The minimum absolute atomic E-state index is 0.00532. The summed E-state index contributed by atoms with van der Waals surface area (Å²) in [6, 6.07) is -0.00532. The molecule has 1 aromatic heterocycles. The molecule has 6 nitrogen and oxygen atoms in total. The first-order chi connectivity index (χ1) is 10.5. The van der Waals surface area contributed by atoms with E-state index < -0.39 is 0 Å². The maximum absolute atomic E-state index is 12.6. The smallest absolute Gasteiger partial charge is 0.223 e. The third-order valence-electron chi connectivity index (χ3n) is 5.05. The Morgan fingerprint density at radius 3 is 3.14 bits per heavy atom. The number of aryl methyl sites for hydroxylation is 1. The average Bonchev–Trinajstić information content (AvgIpc) is 3.09. The topological polar surface area (TPSA) is 88.7 Å². The lowest BCUT2D eigenvalue weighted by molar-refractivity contribution is -0.139. The molecule has 7 heteroatoms. The lowest BCUT2D eigenvalue weighted by Crippen LogP contribution is -2.52. The van der Waals surface area contributed by atoms with Crippen LogP contribution in [0, 0.1) is 0 Å². The fourth-order valence-electron chi connectivity index (χ4n) is 3.79. The summed E-state index contributed by atoms with van der Waals surface area (Å²) in [5, 5.41) is 12.4. The lowest BCUT2D eigenvalue weighted by atomic mass is 9.79. The van der Waals surface area contributed by atoms with Gasteiger partial charge in [0.2, 0.25) is 5.91 Å². The standard InChI is InChI=1S/C15H23N3O3S/c1-21-15-5-4-11(19)8-12(15)18(7-6-15)13(20)3-2-10-9-22-14(16)17-10/h9,11-12,19H,2-8H2,1H3,(H2,16,17)/t11-,12+,15-/m0/s1. The van der Waals surface area contributed by atoms with Crippen LogP contribution in [0.3, 0.4) is 0 Å². The molecule has 3 rings (SSSR count). The number of anilines is 1. The van der Waals surface area contributed by atoms with Crippen LogP contribution < -0.4 is 5.73 Å². The predicted octanol–water partition coefficient (Wildman–Crippen LogP) is 1.19. The van der Waals surface area contributed by atoms with E-state index in [2.05, 4.69) is 4.98 Å². The normalized spacial score (nSPS) is 31.3. The van der Waals surface area contributed by atoms with Crippen molar-refractivity contribution in [1.29, 1.82) is 0 Å². The number of fused-ring (bicyclic) bond motifs is 1. The van der Waals surface area contributed by atoms with Crippen LogP contribution >= 0.6 is 11.3 Å². The van der Waals surface area contributed by atoms with Crippen LogP contribution in [0.1, 0.15) is 37.8 Å². The third kappa shape index (κ3) is 2.85. The molecular weight excluding hydrogens is 302 g/mol. The average molecular weight is 325 g/mol. The largest absolute Gasteiger partial charge is 0.393 e. The molecule has 122 valence electrons. The molecule has 0 radical (unpaired) electrons. The number of aliphatic hydroxyl groups is 1. The van der Waals surface area contributed by atoms with E-state index in [4.69, 9.17) is 10.5 Å². The van der Waals surface area contributed by atoms with Gasteiger partial charge < -0.3 is 20.5 Å². The van der Waals surface area contributed by atoms with Crippen molar-refractivity contribution in [1.82, 2.24) is 9.88 Å². The molecule has 3 N–H and O–H groups in total. The monoisotopic (exact) mass is 325 g/mol. The number of carbonyl (C=O) groups excluding carboxylic acids is 1. The molecule has 0 spiro atoms. The molecule has 22 heavy (non-hydrogen) atoms. The Morgan fingerprint density at radius 1 is 1.64 bits per heavy atom. The summed E-state index contributed by atoms with van der Waals surface area (Å²) in [5.74, 6) is 0.115. The van der Waals surface area contributed by atoms with Gasteiger partial charge in [-0.3, -0.25) is 4.79 Å². The van der Waals surface area contributed by atoms with Gasteiger partial charge >= 0.3 is 0 Å². The van der Waals surface area contributed by atoms with Crippen molar-refractivity contribution in [3.8, 4) is 0 Å². The van der Waals surface area contributed by atoms with Crippen molar-refractivity contribution < 1.29 is 14.6 Å². The number of likely N-dealkylation sites (tertiary alicyclic amines) is 1. The summed E-state index contributed by atoms with van der Waals surface area (Å²) in [5.41, 5.74) is 6.22. The van der Waals surface area contributed by atoms with Gasteiger partial charge in [-0.05, 0) is 32.1 Å². The maximum atomic E-state index is 12.6. The molecular formula is C15H23N3O3S. The first-order valence-electron chi connectivity index (χ1n) is 7.76. The summed E-state index contributed by atoms with van der Waals surface area (Å²) in [7, 11) is 1.72. The Kier molecular flexibility index (Phi) is 4.38. The summed E-state index contributed by atoms with van der Waals surface area (Å²) in [6.07, 6.45) is 3.75. The number of rotatable bonds is 4. The van der Waals surface area contributed by atoms with E-state index in [-0.39, 0.29) is 23.7 Å². The second-order valence-corrected chi connectivity index (χ2v) is 7.12. The third-order valence-corrected chi connectivity index (χ3v) is 5.77. The first kappa shape index (κ1) is 15.7. The van der Waals surface area contributed by atoms with E-state index in [1.807, 2.05) is 10.3 Å². The van der Waals surface area contributed by atoms with Gasteiger partial charge in [0.05, 0.1) is 23.4 Å². The van der Waals surface area contributed by atoms with Crippen LogP contribution in [-0.4, -0.2) is 52.3 Å². The van der Waals surface area contributed by atoms with Gasteiger partial charge in [0.25, 0.3) is 0 Å². The fraction of sp³-hybridized carbons (Fsp3) is 0.733. The first-order valence-corrected chi connectivity index (χ1v) is 8.64. The molecule has 2 aliphatic rings. The van der Waals surface area contributed by atoms with Crippen molar-refractivity contribution in [2.45, 2.75) is 56.3 Å². The molecule has 3 atom stereocenters. The van der Waals surface area contributed by atoms with E-state index in [0.717, 1.165) is 25.0 Å². The van der Waals surface area contributed by atoms with Crippen LogP contribution in [0.5, 0.6) is 0 Å².